The van der Waals surface area contributed by atoms with Crippen molar-refractivity contribution in [2.45, 2.75) is 24.4 Å². The molecule has 0 aliphatic carbocycles. The fourth-order valence-corrected chi connectivity index (χ4v) is 4.06. The van der Waals surface area contributed by atoms with Gasteiger partial charge in [-0.05, 0) is 30.7 Å². The number of fused-ring (bicyclic) bond motifs is 1. The van der Waals surface area contributed by atoms with Gasteiger partial charge in [-0.1, -0.05) is 30.3 Å². The number of benzene rings is 2. The zero-order valence-corrected chi connectivity index (χ0v) is 16.7. The summed E-state index contributed by atoms with van der Waals surface area (Å²) in [7, 11) is 1.43. The Morgan fingerprint density at radius 1 is 1.19 bits per heavy atom. The van der Waals surface area contributed by atoms with Crippen LogP contribution in [0.2, 0.25) is 0 Å². The summed E-state index contributed by atoms with van der Waals surface area (Å²) in [6.07, 6.45) is -4.61. The number of hydrogen-bond donors (Lipinski definition) is 0. The van der Waals surface area contributed by atoms with E-state index in [0.29, 0.717) is 5.69 Å². The molecule has 0 N–H and O–H groups in total. The highest BCUT2D eigenvalue weighted by atomic mass is 19.4. The number of carbonyl (C=O) groups excluding carboxylic acids is 2. The number of halogens is 3. The van der Waals surface area contributed by atoms with Crippen LogP contribution in [0.3, 0.4) is 0 Å². The van der Waals surface area contributed by atoms with Gasteiger partial charge in [-0.3, -0.25) is 19.7 Å². The third-order valence-corrected chi connectivity index (χ3v) is 5.42. The Hall–Kier alpha value is -3.43. The smallest absolute Gasteiger partial charge is 0.416 e. The van der Waals surface area contributed by atoms with Crippen LogP contribution in [0.5, 0.6) is 0 Å². The lowest BCUT2D eigenvalue weighted by molar-refractivity contribution is -0.484. The summed E-state index contributed by atoms with van der Waals surface area (Å²) < 4.78 is 44.2. The number of alkyl halides is 3. The Morgan fingerprint density at radius 3 is 2.35 bits per heavy atom. The molecule has 2 aromatic carbocycles. The minimum atomic E-state index is -4.61. The number of carbonyl (C=O) groups is 2. The molecule has 0 fully saturated rings. The highest BCUT2D eigenvalue weighted by Gasteiger charge is 2.63. The number of amides is 1. The van der Waals surface area contributed by atoms with Crippen LogP contribution in [0.4, 0.5) is 18.9 Å². The first-order chi connectivity index (χ1) is 14.5. The lowest BCUT2D eigenvalue weighted by Crippen LogP contribution is -2.52. The fraction of sp³-hybridized carbons (Fsp3) is 0.333. The first kappa shape index (κ1) is 22.3. The lowest BCUT2D eigenvalue weighted by Gasteiger charge is -2.32. The van der Waals surface area contributed by atoms with Crippen molar-refractivity contribution < 1.29 is 32.4 Å². The summed E-state index contributed by atoms with van der Waals surface area (Å²) in [4.78, 5) is 38.7. The van der Waals surface area contributed by atoms with E-state index in [1.807, 2.05) is 0 Å². The molecule has 7 nitrogen and oxygen atoms in total. The SMILES string of the molecule is CCOC(=O)[C@]1([C@H](C[N+](=O)[O-])c2ccc(C(F)(F)F)cc2)C(=O)N(C)c2ccccc21. The summed E-state index contributed by atoms with van der Waals surface area (Å²) in [5, 5.41) is 11.5. The van der Waals surface area contributed by atoms with E-state index >= 15 is 0 Å². The van der Waals surface area contributed by atoms with Crippen LogP contribution in [0.1, 0.15) is 29.5 Å². The lowest BCUT2D eigenvalue weighted by atomic mass is 9.68. The molecule has 1 aliphatic rings. The van der Waals surface area contributed by atoms with Crippen LogP contribution >= 0.6 is 0 Å². The Balaban J connectivity index is 2.28. The molecule has 2 aromatic rings. The number of anilines is 1. The number of para-hydroxylation sites is 1. The molecule has 0 saturated heterocycles. The van der Waals surface area contributed by atoms with Gasteiger partial charge in [-0.15, -0.1) is 0 Å². The Kier molecular flexibility index (Phi) is 5.75. The third-order valence-electron chi connectivity index (χ3n) is 5.42. The second-order valence-electron chi connectivity index (χ2n) is 7.10. The van der Waals surface area contributed by atoms with Crippen molar-refractivity contribution in [2.75, 3.05) is 25.1 Å². The molecule has 2 atom stereocenters. The molecule has 0 spiro atoms. The molecule has 0 radical (unpaired) electrons. The van der Waals surface area contributed by atoms with Gasteiger partial charge < -0.3 is 9.64 Å². The van der Waals surface area contributed by atoms with E-state index in [9.17, 15) is 32.9 Å². The molecule has 0 saturated carbocycles. The first-order valence-corrected chi connectivity index (χ1v) is 9.39. The largest absolute Gasteiger partial charge is 0.465 e. The molecule has 0 aromatic heterocycles. The van der Waals surface area contributed by atoms with Crippen molar-refractivity contribution in [3.63, 3.8) is 0 Å². The molecular formula is C21H19F3N2O5. The number of nitro groups is 1. The molecule has 1 aliphatic heterocycles. The van der Waals surface area contributed by atoms with Crippen molar-refractivity contribution in [1.29, 1.82) is 0 Å². The predicted octanol–water partition coefficient (Wildman–Crippen LogP) is 3.54. The fourth-order valence-electron chi connectivity index (χ4n) is 4.06. The van der Waals surface area contributed by atoms with Crippen LogP contribution in [0, 0.1) is 10.1 Å². The van der Waals surface area contributed by atoms with Crippen molar-refractivity contribution in [3.8, 4) is 0 Å². The first-order valence-electron chi connectivity index (χ1n) is 9.39. The monoisotopic (exact) mass is 436 g/mol. The molecule has 0 bridgehead atoms. The van der Waals surface area contributed by atoms with E-state index in [4.69, 9.17) is 4.74 Å². The highest BCUT2D eigenvalue weighted by Crippen LogP contribution is 2.50. The van der Waals surface area contributed by atoms with Crippen LogP contribution in [-0.2, 0) is 25.9 Å². The maximum Gasteiger partial charge on any atom is 0.416 e. The van der Waals surface area contributed by atoms with Gasteiger partial charge in [0.15, 0.2) is 5.41 Å². The van der Waals surface area contributed by atoms with Gasteiger partial charge in [0.2, 0.25) is 12.5 Å². The maximum atomic E-state index is 13.4. The molecule has 1 heterocycles. The zero-order chi connectivity index (χ0) is 23.0. The Bertz CT molecular complexity index is 1020. The predicted molar refractivity (Wildman–Crippen MR) is 104 cm³/mol. The topological polar surface area (TPSA) is 89.7 Å². The molecule has 31 heavy (non-hydrogen) atoms. The average molecular weight is 436 g/mol. The van der Waals surface area contributed by atoms with E-state index in [0.717, 1.165) is 24.3 Å². The van der Waals surface area contributed by atoms with Gasteiger partial charge in [-0.25, -0.2) is 0 Å². The number of nitrogens with zero attached hydrogens (tertiary/aromatic N) is 2. The van der Waals surface area contributed by atoms with Crippen LogP contribution in [-0.4, -0.2) is 37.0 Å². The molecular weight excluding hydrogens is 417 g/mol. The summed E-state index contributed by atoms with van der Waals surface area (Å²) in [6, 6.07) is 9.99. The van der Waals surface area contributed by atoms with Crippen molar-refractivity contribution in [3.05, 3.63) is 75.3 Å². The molecule has 10 heteroatoms. The number of likely N-dealkylation sites (N-methyl/N-ethyl adjacent to an activating group) is 1. The van der Waals surface area contributed by atoms with E-state index in [2.05, 4.69) is 0 Å². The van der Waals surface area contributed by atoms with E-state index in [1.54, 1.807) is 18.2 Å². The molecule has 1 amide bonds. The van der Waals surface area contributed by atoms with Crippen molar-refractivity contribution in [1.82, 2.24) is 0 Å². The summed E-state index contributed by atoms with van der Waals surface area (Å²) in [5.74, 6) is -3.11. The second-order valence-corrected chi connectivity index (χ2v) is 7.10. The van der Waals surface area contributed by atoms with Crippen LogP contribution < -0.4 is 4.90 Å². The molecule has 3 rings (SSSR count). The Labute approximate surface area is 175 Å². The van der Waals surface area contributed by atoms with Crippen molar-refractivity contribution in [2.24, 2.45) is 0 Å². The molecule has 164 valence electrons. The molecule has 0 unspecified atom stereocenters. The van der Waals surface area contributed by atoms with E-state index in [1.165, 1.54) is 24.9 Å². The van der Waals surface area contributed by atoms with Gasteiger partial charge >= 0.3 is 12.1 Å². The van der Waals surface area contributed by atoms with Gasteiger partial charge in [0, 0.05) is 23.2 Å². The van der Waals surface area contributed by atoms with Crippen molar-refractivity contribution >= 4 is 17.6 Å². The average Bonchev–Trinajstić information content (AvgIpc) is 2.94. The number of ether oxygens (including phenoxy) is 1. The Morgan fingerprint density at radius 2 is 1.81 bits per heavy atom. The van der Waals surface area contributed by atoms with Crippen LogP contribution in [0.15, 0.2) is 48.5 Å². The van der Waals surface area contributed by atoms with Gasteiger partial charge in [0.25, 0.3) is 0 Å². The number of hydrogen-bond acceptors (Lipinski definition) is 5. The summed E-state index contributed by atoms with van der Waals surface area (Å²) >= 11 is 0. The maximum absolute atomic E-state index is 13.4. The highest BCUT2D eigenvalue weighted by molar-refractivity contribution is 6.21. The standard InChI is InChI=1S/C21H19F3N2O5/c1-3-31-19(28)20(15-6-4-5-7-17(15)25(2)18(20)27)16(12-26(29)30)13-8-10-14(11-9-13)21(22,23)24/h4-11,16H,3,12H2,1-2H3/t16-,20-/m1/s1. The minimum Gasteiger partial charge on any atom is -0.465 e. The zero-order valence-electron chi connectivity index (χ0n) is 16.7. The number of rotatable bonds is 6. The minimum absolute atomic E-state index is 0.0520. The van der Waals surface area contributed by atoms with E-state index < -0.39 is 46.4 Å². The van der Waals surface area contributed by atoms with Gasteiger partial charge in [0.1, 0.15) is 0 Å². The normalized spacial score (nSPS) is 19.1. The van der Waals surface area contributed by atoms with Crippen LogP contribution in [0.25, 0.3) is 0 Å². The number of esters is 1. The third kappa shape index (κ3) is 3.62. The summed E-state index contributed by atoms with van der Waals surface area (Å²) in [5.41, 5.74) is -2.41. The summed E-state index contributed by atoms with van der Waals surface area (Å²) in [6.45, 7) is 0.581. The van der Waals surface area contributed by atoms with Gasteiger partial charge in [-0.2, -0.15) is 13.2 Å². The second kappa shape index (κ2) is 8.01. The van der Waals surface area contributed by atoms with E-state index in [-0.39, 0.29) is 17.7 Å². The van der Waals surface area contributed by atoms with Gasteiger partial charge in [0.05, 0.1) is 18.1 Å². The quantitative estimate of drug-likeness (QED) is 0.299.